The zero-order valence-corrected chi connectivity index (χ0v) is 17.2. The van der Waals surface area contributed by atoms with Gasteiger partial charge in [-0.25, -0.2) is 4.98 Å². The molecule has 0 fully saturated rings. The largest absolute Gasteiger partial charge is 0.497 e. The lowest BCUT2D eigenvalue weighted by molar-refractivity contribution is -0.121. The quantitative estimate of drug-likeness (QED) is 0.543. The number of hydrogen-bond donors (Lipinski definition) is 3. The van der Waals surface area contributed by atoms with Crippen molar-refractivity contribution in [2.75, 3.05) is 14.2 Å². The van der Waals surface area contributed by atoms with Crippen molar-refractivity contribution >= 4 is 33.4 Å². The van der Waals surface area contributed by atoms with E-state index in [4.69, 9.17) is 9.47 Å². The number of nitrogens with one attached hydrogen (secondary N) is 3. The molecule has 0 atom stereocenters. The molecule has 2 amide bonds. The number of aryl methyl sites for hydroxylation is 2. The number of fused-ring (bicyclic) bond motifs is 1. The Morgan fingerprint density at radius 2 is 1.76 bits per heavy atom. The van der Waals surface area contributed by atoms with Crippen LogP contribution >= 0.6 is 11.3 Å². The lowest BCUT2D eigenvalue weighted by atomic mass is 10.2. The van der Waals surface area contributed by atoms with Crippen LogP contribution in [0.15, 0.2) is 23.0 Å². The fraction of sp³-hybridized carbons (Fsp3) is 0.263. The van der Waals surface area contributed by atoms with Gasteiger partial charge >= 0.3 is 0 Å². The highest BCUT2D eigenvalue weighted by Crippen LogP contribution is 2.25. The highest BCUT2D eigenvalue weighted by atomic mass is 32.1. The molecule has 0 aliphatic heterocycles. The van der Waals surface area contributed by atoms with Gasteiger partial charge in [0.2, 0.25) is 5.91 Å². The predicted octanol–water partition coefficient (Wildman–Crippen LogP) is 1.62. The minimum Gasteiger partial charge on any atom is -0.497 e. The van der Waals surface area contributed by atoms with Crippen molar-refractivity contribution in [1.29, 1.82) is 0 Å². The minimum absolute atomic E-state index is 0.192. The summed E-state index contributed by atoms with van der Waals surface area (Å²) in [6, 6.07) is 4.65. The van der Waals surface area contributed by atoms with Crippen LogP contribution in [0.1, 0.15) is 26.6 Å². The Bertz CT molecular complexity index is 1130. The number of aromatic amines is 1. The third kappa shape index (κ3) is 4.37. The average molecular weight is 416 g/mol. The van der Waals surface area contributed by atoms with Crippen LogP contribution in [0.25, 0.3) is 10.2 Å². The number of rotatable bonds is 5. The molecule has 9 nitrogen and oxygen atoms in total. The molecule has 1 aromatic carbocycles. The SMILES string of the molecule is COc1cc(OC)cc(C(=O)NNC(=O)Cc2nc3sc(C)c(C)c3c(=O)[nH]2)c1. The lowest BCUT2D eigenvalue weighted by Gasteiger charge is -2.10. The third-order valence-electron chi connectivity index (χ3n) is 4.35. The van der Waals surface area contributed by atoms with Gasteiger partial charge in [0.15, 0.2) is 0 Å². The van der Waals surface area contributed by atoms with Crippen LogP contribution in [-0.4, -0.2) is 36.0 Å². The summed E-state index contributed by atoms with van der Waals surface area (Å²) in [6.07, 6.45) is -0.192. The Labute approximate surface area is 170 Å². The van der Waals surface area contributed by atoms with E-state index in [2.05, 4.69) is 20.8 Å². The van der Waals surface area contributed by atoms with Gasteiger partial charge in [0.05, 0.1) is 26.0 Å². The molecular formula is C19H20N4O5S. The van der Waals surface area contributed by atoms with Crippen LogP contribution in [-0.2, 0) is 11.2 Å². The summed E-state index contributed by atoms with van der Waals surface area (Å²) in [5, 5.41) is 0.539. The number of ether oxygens (including phenoxy) is 2. The molecule has 3 rings (SSSR count). The van der Waals surface area contributed by atoms with Gasteiger partial charge in [-0.15, -0.1) is 11.3 Å². The van der Waals surface area contributed by atoms with Crippen molar-refractivity contribution in [3.63, 3.8) is 0 Å². The Hall–Kier alpha value is -3.40. The van der Waals surface area contributed by atoms with Gasteiger partial charge in [-0.2, -0.15) is 0 Å². The zero-order valence-electron chi connectivity index (χ0n) is 16.3. The van der Waals surface area contributed by atoms with Crippen LogP contribution in [0.3, 0.4) is 0 Å². The predicted molar refractivity (Wildman–Crippen MR) is 109 cm³/mol. The topological polar surface area (TPSA) is 122 Å². The van der Waals surface area contributed by atoms with E-state index in [-0.39, 0.29) is 23.4 Å². The van der Waals surface area contributed by atoms with E-state index in [9.17, 15) is 14.4 Å². The first kappa shape index (κ1) is 20.3. The Kier molecular flexibility index (Phi) is 5.83. The first-order chi connectivity index (χ1) is 13.8. The number of methoxy groups -OCH3 is 2. The second-order valence-electron chi connectivity index (χ2n) is 6.26. The number of carbonyl (C=O) groups excluding carboxylic acids is 2. The molecular weight excluding hydrogens is 396 g/mol. The molecule has 0 unspecified atom stereocenters. The van der Waals surface area contributed by atoms with Gasteiger partial charge in [-0.05, 0) is 31.5 Å². The number of nitrogens with zero attached hydrogens (tertiary/aromatic N) is 1. The summed E-state index contributed by atoms with van der Waals surface area (Å²) in [6.45, 7) is 3.77. The van der Waals surface area contributed by atoms with Crippen LogP contribution in [0, 0.1) is 13.8 Å². The van der Waals surface area contributed by atoms with Gasteiger partial charge < -0.3 is 14.5 Å². The van der Waals surface area contributed by atoms with Crippen molar-refractivity contribution in [3.05, 3.63) is 50.4 Å². The number of hydrazine groups is 1. The summed E-state index contributed by atoms with van der Waals surface area (Å²) >= 11 is 1.40. The van der Waals surface area contributed by atoms with E-state index in [1.807, 2.05) is 13.8 Å². The van der Waals surface area contributed by atoms with E-state index in [0.29, 0.717) is 21.7 Å². The maximum atomic E-state index is 12.3. The molecule has 0 bridgehead atoms. The first-order valence-electron chi connectivity index (χ1n) is 8.63. The van der Waals surface area contributed by atoms with Gasteiger partial charge in [0.1, 0.15) is 22.2 Å². The maximum Gasteiger partial charge on any atom is 0.269 e. The molecule has 10 heteroatoms. The van der Waals surface area contributed by atoms with E-state index >= 15 is 0 Å². The van der Waals surface area contributed by atoms with E-state index in [1.54, 1.807) is 6.07 Å². The molecule has 0 radical (unpaired) electrons. The van der Waals surface area contributed by atoms with Crippen LogP contribution < -0.4 is 25.9 Å². The van der Waals surface area contributed by atoms with Crippen LogP contribution in [0.2, 0.25) is 0 Å². The fourth-order valence-corrected chi connectivity index (χ4v) is 3.77. The molecule has 0 aliphatic carbocycles. The Morgan fingerprint density at radius 1 is 1.10 bits per heavy atom. The molecule has 2 aromatic heterocycles. The Morgan fingerprint density at radius 3 is 2.38 bits per heavy atom. The van der Waals surface area contributed by atoms with Gasteiger partial charge in [0.25, 0.3) is 11.5 Å². The normalized spacial score (nSPS) is 10.6. The first-order valence-corrected chi connectivity index (χ1v) is 9.45. The van der Waals surface area contributed by atoms with Crippen molar-refractivity contribution in [1.82, 2.24) is 20.8 Å². The molecule has 0 saturated heterocycles. The Balaban J connectivity index is 1.68. The molecule has 3 aromatic rings. The summed E-state index contributed by atoms with van der Waals surface area (Å²) < 4.78 is 10.2. The van der Waals surface area contributed by atoms with Crippen LogP contribution in [0.4, 0.5) is 0 Å². The standard InChI is InChI=1S/C19H20N4O5S/c1-9-10(2)29-19-16(9)18(26)20-14(21-19)8-15(24)22-23-17(25)11-5-12(27-3)7-13(6-11)28-4/h5-7H,8H2,1-4H3,(H,22,24)(H,23,25)(H,20,21,26). The minimum atomic E-state index is -0.544. The fourth-order valence-electron chi connectivity index (χ4n) is 2.72. The van der Waals surface area contributed by atoms with Crippen molar-refractivity contribution in [2.24, 2.45) is 0 Å². The monoisotopic (exact) mass is 416 g/mol. The third-order valence-corrected chi connectivity index (χ3v) is 5.45. The summed E-state index contributed by atoms with van der Waals surface area (Å²) in [7, 11) is 2.94. The number of thiophene rings is 1. The summed E-state index contributed by atoms with van der Waals surface area (Å²) in [4.78, 5) is 45.3. The maximum absolute atomic E-state index is 12.3. The summed E-state index contributed by atoms with van der Waals surface area (Å²) in [5.74, 6) is 0.0334. The van der Waals surface area contributed by atoms with Gasteiger partial charge in [0, 0.05) is 16.5 Å². The number of amides is 2. The molecule has 3 N–H and O–H groups in total. The van der Waals surface area contributed by atoms with Crippen molar-refractivity contribution in [2.45, 2.75) is 20.3 Å². The molecule has 0 saturated carbocycles. The van der Waals surface area contributed by atoms with Crippen molar-refractivity contribution < 1.29 is 19.1 Å². The number of H-pyrrole nitrogens is 1. The highest BCUT2D eigenvalue weighted by Gasteiger charge is 2.15. The van der Waals surface area contributed by atoms with E-state index < -0.39 is 11.8 Å². The lowest BCUT2D eigenvalue weighted by Crippen LogP contribution is -2.42. The van der Waals surface area contributed by atoms with E-state index in [1.165, 1.54) is 37.7 Å². The van der Waals surface area contributed by atoms with Gasteiger partial charge in [-0.1, -0.05) is 0 Å². The number of carbonyl (C=O) groups is 2. The molecule has 2 heterocycles. The molecule has 0 aliphatic rings. The van der Waals surface area contributed by atoms with Gasteiger partial charge in [-0.3, -0.25) is 25.2 Å². The number of aromatic nitrogens is 2. The van der Waals surface area contributed by atoms with E-state index in [0.717, 1.165) is 10.4 Å². The number of hydrogen-bond acceptors (Lipinski definition) is 7. The number of benzene rings is 1. The molecule has 152 valence electrons. The second kappa shape index (κ2) is 8.31. The van der Waals surface area contributed by atoms with Crippen molar-refractivity contribution in [3.8, 4) is 11.5 Å². The highest BCUT2D eigenvalue weighted by molar-refractivity contribution is 7.18. The summed E-state index contributed by atoms with van der Waals surface area (Å²) in [5.41, 5.74) is 5.48. The second-order valence-corrected chi connectivity index (χ2v) is 7.46. The molecule has 0 spiro atoms. The average Bonchev–Trinajstić information content (AvgIpc) is 2.99. The molecule has 29 heavy (non-hydrogen) atoms. The smallest absolute Gasteiger partial charge is 0.269 e. The van der Waals surface area contributed by atoms with Crippen LogP contribution in [0.5, 0.6) is 11.5 Å². The zero-order chi connectivity index (χ0) is 21.1.